The van der Waals surface area contributed by atoms with Gasteiger partial charge in [-0.15, -0.1) is 0 Å². The lowest BCUT2D eigenvalue weighted by atomic mass is 9.97. The fourth-order valence-electron chi connectivity index (χ4n) is 5.30. The number of benzene rings is 5. The molecule has 3 aromatic heterocycles. The van der Waals surface area contributed by atoms with Gasteiger partial charge in [-0.25, -0.2) is 15.0 Å². The minimum atomic E-state index is 0.719. The van der Waals surface area contributed by atoms with Crippen molar-refractivity contribution in [1.29, 1.82) is 0 Å². The average molecular weight is 518 g/mol. The minimum Gasteiger partial charge on any atom is -0.247 e. The SMILES string of the molecule is c1ccc(-c2nc(-c3ccc(-c4nc5ccccc5c5c4ccc4nsnc45)cc3)c3ccccc3n2)cc1. The van der Waals surface area contributed by atoms with Crippen molar-refractivity contribution >= 4 is 55.3 Å². The van der Waals surface area contributed by atoms with Gasteiger partial charge in [0, 0.05) is 38.2 Å². The summed E-state index contributed by atoms with van der Waals surface area (Å²) in [4.78, 5) is 15.0. The number of hydrogen-bond acceptors (Lipinski definition) is 6. The van der Waals surface area contributed by atoms with Crippen LogP contribution in [0.2, 0.25) is 0 Å². The maximum atomic E-state index is 5.10. The second kappa shape index (κ2) is 8.75. The molecular formula is C33H19N5S. The van der Waals surface area contributed by atoms with E-state index >= 15 is 0 Å². The Labute approximate surface area is 227 Å². The molecule has 5 nitrogen and oxygen atoms in total. The van der Waals surface area contributed by atoms with Crippen LogP contribution in [0.15, 0.2) is 115 Å². The standard InChI is InChI=1S/C33H19N5S/c1-2-8-22(9-3-1)33-35-27-13-7-5-11-24(27)30(36-33)20-14-16-21(17-15-20)31-25-18-19-28-32(38-39-37-28)29(25)23-10-4-6-12-26(23)34-31/h1-19H. The predicted molar refractivity (Wildman–Crippen MR) is 160 cm³/mol. The van der Waals surface area contributed by atoms with Gasteiger partial charge in [0.15, 0.2) is 5.82 Å². The Morgan fingerprint density at radius 3 is 1.82 bits per heavy atom. The molecular weight excluding hydrogens is 498 g/mol. The quantitative estimate of drug-likeness (QED) is 0.220. The molecule has 182 valence electrons. The van der Waals surface area contributed by atoms with Crippen LogP contribution in [0.3, 0.4) is 0 Å². The zero-order valence-corrected chi connectivity index (χ0v) is 21.4. The molecule has 0 bridgehead atoms. The van der Waals surface area contributed by atoms with Gasteiger partial charge >= 0.3 is 0 Å². The van der Waals surface area contributed by atoms with E-state index in [1.807, 2.05) is 66.7 Å². The Balaban J connectivity index is 1.32. The highest BCUT2D eigenvalue weighted by Gasteiger charge is 2.16. The normalized spacial score (nSPS) is 11.6. The molecule has 0 radical (unpaired) electrons. The maximum absolute atomic E-state index is 5.10. The number of pyridine rings is 1. The molecule has 0 aliphatic heterocycles. The summed E-state index contributed by atoms with van der Waals surface area (Å²) >= 11 is 1.25. The lowest BCUT2D eigenvalue weighted by molar-refractivity contribution is 1.23. The summed E-state index contributed by atoms with van der Waals surface area (Å²) in [5.74, 6) is 0.719. The highest BCUT2D eigenvalue weighted by Crippen LogP contribution is 2.37. The molecule has 0 aliphatic rings. The summed E-state index contributed by atoms with van der Waals surface area (Å²) in [5.41, 5.74) is 8.62. The van der Waals surface area contributed by atoms with Gasteiger partial charge < -0.3 is 0 Å². The van der Waals surface area contributed by atoms with Gasteiger partial charge in [-0.2, -0.15) is 8.75 Å². The van der Waals surface area contributed by atoms with E-state index in [4.69, 9.17) is 15.0 Å². The molecule has 8 rings (SSSR count). The van der Waals surface area contributed by atoms with Gasteiger partial charge in [0.25, 0.3) is 0 Å². The summed E-state index contributed by atoms with van der Waals surface area (Å²) < 4.78 is 9.11. The van der Waals surface area contributed by atoms with Crippen molar-refractivity contribution in [2.45, 2.75) is 0 Å². The van der Waals surface area contributed by atoms with Crippen molar-refractivity contribution in [3.8, 4) is 33.9 Å². The lowest BCUT2D eigenvalue weighted by Gasteiger charge is -2.12. The molecule has 0 spiro atoms. The third-order valence-corrected chi connectivity index (χ3v) is 7.70. The summed E-state index contributed by atoms with van der Waals surface area (Å²) in [5, 5.41) is 4.28. The summed E-state index contributed by atoms with van der Waals surface area (Å²) in [6, 6.07) is 39.2. The van der Waals surface area contributed by atoms with Crippen molar-refractivity contribution in [2.75, 3.05) is 0 Å². The van der Waals surface area contributed by atoms with E-state index in [2.05, 4.69) is 57.3 Å². The van der Waals surface area contributed by atoms with Crippen LogP contribution in [0.1, 0.15) is 0 Å². The first kappa shape index (κ1) is 22.0. The van der Waals surface area contributed by atoms with Crippen molar-refractivity contribution in [2.24, 2.45) is 0 Å². The fraction of sp³-hybridized carbons (Fsp3) is 0. The number of rotatable bonds is 3. The third kappa shape index (κ3) is 3.57. The minimum absolute atomic E-state index is 0.719. The van der Waals surface area contributed by atoms with E-state index in [0.29, 0.717) is 0 Å². The highest BCUT2D eigenvalue weighted by atomic mass is 32.1. The van der Waals surface area contributed by atoms with Crippen LogP contribution in [0.25, 0.3) is 77.5 Å². The first-order valence-electron chi connectivity index (χ1n) is 12.7. The van der Waals surface area contributed by atoms with Crippen LogP contribution in [-0.2, 0) is 0 Å². The smallest absolute Gasteiger partial charge is 0.160 e. The average Bonchev–Trinajstić information content (AvgIpc) is 3.50. The van der Waals surface area contributed by atoms with Crippen LogP contribution in [0, 0.1) is 0 Å². The molecule has 0 saturated carbocycles. The largest absolute Gasteiger partial charge is 0.247 e. The Morgan fingerprint density at radius 2 is 1.05 bits per heavy atom. The first-order chi connectivity index (χ1) is 19.3. The highest BCUT2D eigenvalue weighted by molar-refractivity contribution is 7.00. The Kier molecular flexibility index (Phi) is 4.93. The van der Waals surface area contributed by atoms with Gasteiger partial charge in [-0.3, -0.25) is 0 Å². The molecule has 6 heteroatoms. The van der Waals surface area contributed by atoms with E-state index in [9.17, 15) is 0 Å². The number of nitrogens with zero attached hydrogens (tertiary/aromatic N) is 5. The molecule has 0 unspecified atom stereocenters. The van der Waals surface area contributed by atoms with Crippen LogP contribution < -0.4 is 0 Å². The molecule has 0 atom stereocenters. The Bertz CT molecular complexity index is 2170. The molecule has 5 aromatic carbocycles. The van der Waals surface area contributed by atoms with Gasteiger partial charge in [-0.05, 0) is 24.3 Å². The van der Waals surface area contributed by atoms with E-state index in [0.717, 1.165) is 77.5 Å². The van der Waals surface area contributed by atoms with Crippen molar-refractivity contribution in [3.63, 3.8) is 0 Å². The van der Waals surface area contributed by atoms with Gasteiger partial charge in [-0.1, -0.05) is 91.0 Å². The molecule has 0 saturated heterocycles. The number of hydrogen-bond donors (Lipinski definition) is 0. The zero-order chi connectivity index (χ0) is 25.8. The second-order valence-corrected chi connectivity index (χ2v) is 9.98. The maximum Gasteiger partial charge on any atom is 0.160 e. The molecule has 0 fully saturated rings. The third-order valence-electron chi connectivity index (χ3n) is 7.16. The fourth-order valence-corrected chi connectivity index (χ4v) is 5.85. The molecule has 39 heavy (non-hydrogen) atoms. The predicted octanol–water partition coefficient (Wildman–Crippen LogP) is 8.34. The molecule has 3 heterocycles. The summed E-state index contributed by atoms with van der Waals surface area (Å²) in [6.07, 6.45) is 0. The van der Waals surface area contributed by atoms with Crippen molar-refractivity contribution < 1.29 is 0 Å². The van der Waals surface area contributed by atoms with Crippen molar-refractivity contribution in [3.05, 3.63) is 115 Å². The van der Waals surface area contributed by atoms with Crippen LogP contribution in [-0.4, -0.2) is 23.7 Å². The summed E-state index contributed by atoms with van der Waals surface area (Å²) in [6.45, 7) is 0. The molecule has 0 aliphatic carbocycles. The second-order valence-electron chi connectivity index (χ2n) is 9.45. The van der Waals surface area contributed by atoms with Gasteiger partial charge in [0.1, 0.15) is 11.0 Å². The molecule has 8 aromatic rings. The van der Waals surface area contributed by atoms with E-state index in [1.54, 1.807) is 0 Å². The molecule has 0 amide bonds. The topological polar surface area (TPSA) is 64.5 Å². The van der Waals surface area contributed by atoms with Crippen LogP contribution >= 0.6 is 11.7 Å². The van der Waals surface area contributed by atoms with Crippen molar-refractivity contribution in [1.82, 2.24) is 23.7 Å². The zero-order valence-electron chi connectivity index (χ0n) is 20.6. The Hall–Kier alpha value is -5.07. The van der Waals surface area contributed by atoms with Crippen LogP contribution in [0.5, 0.6) is 0 Å². The Morgan fingerprint density at radius 1 is 0.410 bits per heavy atom. The monoisotopic (exact) mass is 517 g/mol. The number of fused-ring (bicyclic) bond motifs is 6. The lowest BCUT2D eigenvalue weighted by Crippen LogP contribution is -1.95. The summed E-state index contributed by atoms with van der Waals surface area (Å²) in [7, 11) is 0. The van der Waals surface area contributed by atoms with E-state index < -0.39 is 0 Å². The molecule has 0 N–H and O–H groups in total. The van der Waals surface area contributed by atoms with Gasteiger partial charge in [0.2, 0.25) is 0 Å². The first-order valence-corrected chi connectivity index (χ1v) is 13.4. The van der Waals surface area contributed by atoms with Crippen LogP contribution in [0.4, 0.5) is 0 Å². The van der Waals surface area contributed by atoms with Gasteiger partial charge in [0.05, 0.1) is 34.1 Å². The van der Waals surface area contributed by atoms with E-state index in [-0.39, 0.29) is 0 Å². The number of para-hydroxylation sites is 2. The number of aromatic nitrogens is 5. The van der Waals surface area contributed by atoms with E-state index in [1.165, 1.54) is 11.7 Å².